The molecule has 0 atom stereocenters. The maximum absolute atomic E-state index is 13.0. The molecule has 0 saturated carbocycles. The van der Waals surface area contributed by atoms with Crippen LogP contribution in [0.1, 0.15) is 5.56 Å². The van der Waals surface area contributed by atoms with Crippen molar-refractivity contribution < 1.29 is 13.2 Å². The topological polar surface area (TPSA) is 41.6 Å². The van der Waals surface area contributed by atoms with Gasteiger partial charge in [0.1, 0.15) is 5.52 Å². The van der Waals surface area contributed by atoms with Gasteiger partial charge in [-0.15, -0.1) is 0 Å². The van der Waals surface area contributed by atoms with E-state index in [1.807, 2.05) is 0 Å². The van der Waals surface area contributed by atoms with Crippen molar-refractivity contribution in [1.82, 2.24) is 15.0 Å². The lowest BCUT2D eigenvalue weighted by atomic mass is 10.0. The number of aromatic nitrogens is 3. The number of nitrogens with one attached hydrogen (secondary N) is 1. The molecule has 0 aliphatic carbocycles. The van der Waals surface area contributed by atoms with Crippen LogP contribution in [0.4, 0.5) is 13.2 Å². The number of alkyl halides is 3. The standard InChI is InChI=1S/C13H8F3N3/c14-13(15,16)10-4-2-1-3-8(10)9-7-19-12-11(9)17-5-6-18-12/h1-7H,(H,18,19). The van der Waals surface area contributed by atoms with Crippen LogP contribution >= 0.6 is 0 Å². The normalized spacial score (nSPS) is 11.9. The molecule has 0 aliphatic rings. The van der Waals surface area contributed by atoms with Crippen molar-refractivity contribution in [3.8, 4) is 11.1 Å². The Kier molecular flexibility index (Phi) is 2.51. The molecular formula is C13H8F3N3. The smallest absolute Gasteiger partial charge is 0.344 e. The maximum atomic E-state index is 13.0. The fourth-order valence-electron chi connectivity index (χ4n) is 2.02. The van der Waals surface area contributed by atoms with Crippen molar-refractivity contribution in [2.75, 3.05) is 0 Å². The molecule has 0 bridgehead atoms. The van der Waals surface area contributed by atoms with Crippen molar-refractivity contribution in [2.45, 2.75) is 6.18 Å². The highest BCUT2D eigenvalue weighted by Crippen LogP contribution is 2.38. The third kappa shape index (κ3) is 1.95. The highest BCUT2D eigenvalue weighted by molar-refractivity contribution is 5.91. The number of rotatable bonds is 1. The van der Waals surface area contributed by atoms with Gasteiger partial charge in [-0.1, -0.05) is 18.2 Å². The van der Waals surface area contributed by atoms with Crippen molar-refractivity contribution in [2.24, 2.45) is 0 Å². The second kappa shape index (κ2) is 4.08. The Morgan fingerprint density at radius 2 is 1.68 bits per heavy atom. The van der Waals surface area contributed by atoms with Gasteiger partial charge in [0.2, 0.25) is 0 Å². The van der Waals surface area contributed by atoms with Crippen molar-refractivity contribution in [3.05, 3.63) is 48.4 Å². The van der Waals surface area contributed by atoms with E-state index in [9.17, 15) is 13.2 Å². The number of nitrogens with zero attached hydrogens (tertiary/aromatic N) is 2. The molecule has 0 unspecified atom stereocenters. The lowest BCUT2D eigenvalue weighted by Crippen LogP contribution is -2.06. The molecule has 1 N–H and O–H groups in total. The van der Waals surface area contributed by atoms with Gasteiger partial charge in [-0.3, -0.25) is 4.98 Å². The van der Waals surface area contributed by atoms with Crippen LogP contribution in [0.25, 0.3) is 22.3 Å². The first kappa shape index (κ1) is 11.7. The van der Waals surface area contributed by atoms with Gasteiger partial charge in [-0.2, -0.15) is 13.2 Å². The van der Waals surface area contributed by atoms with E-state index < -0.39 is 11.7 Å². The zero-order chi connectivity index (χ0) is 13.5. The highest BCUT2D eigenvalue weighted by Gasteiger charge is 2.33. The first-order valence-electron chi connectivity index (χ1n) is 5.52. The Labute approximate surface area is 106 Å². The predicted molar refractivity (Wildman–Crippen MR) is 64.3 cm³/mol. The molecule has 96 valence electrons. The van der Waals surface area contributed by atoms with Crippen LogP contribution in [0, 0.1) is 0 Å². The van der Waals surface area contributed by atoms with Crippen LogP contribution in [-0.4, -0.2) is 15.0 Å². The molecular weight excluding hydrogens is 255 g/mol. The zero-order valence-corrected chi connectivity index (χ0v) is 9.57. The van der Waals surface area contributed by atoms with Crippen LogP contribution in [0.15, 0.2) is 42.9 Å². The maximum Gasteiger partial charge on any atom is 0.417 e. The average molecular weight is 263 g/mol. The van der Waals surface area contributed by atoms with Crippen LogP contribution in [0.2, 0.25) is 0 Å². The van der Waals surface area contributed by atoms with Gasteiger partial charge in [0.15, 0.2) is 5.65 Å². The van der Waals surface area contributed by atoms with Crippen molar-refractivity contribution in [3.63, 3.8) is 0 Å². The minimum Gasteiger partial charge on any atom is -0.344 e. The predicted octanol–water partition coefficient (Wildman–Crippen LogP) is 3.64. The third-order valence-corrected chi connectivity index (χ3v) is 2.83. The summed E-state index contributed by atoms with van der Waals surface area (Å²) < 4.78 is 39.0. The molecule has 3 aromatic rings. The van der Waals surface area contributed by atoms with Gasteiger partial charge in [0.05, 0.1) is 5.56 Å². The molecule has 3 nitrogen and oxygen atoms in total. The molecule has 0 spiro atoms. The van der Waals surface area contributed by atoms with Gasteiger partial charge in [-0.05, 0) is 11.6 Å². The molecule has 6 heteroatoms. The number of fused-ring (bicyclic) bond motifs is 1. The molecule has 0 fully saturated rings. The SMILES string of the molecule is FC(F)(F)c1ccccc1-c1c[nH]c2nccnc12. The summed E-state index contributed by atoms with van der Waals surface area (Å²) in [6, 6.07) is 5.43. The summed E-state index contributed by atoms with van der Waals surface area (Å²) in [6.07, 6.45) is 0.0335. The number of hydrogen-bond donors (Lipinski definition) is 1. The molecule has 0 saturated heterocycles. The Hall–Kier alpha value is -2.37. The third-order valence-electron chi connectivity index (χ3n) is 2.83. The second-order valence-corrected chi connectivity index (χ2v) is 4.00. The Balaban J connectivity index is 2.28. The fourth-order valence-corrected chi connectivity index (χ4v) is 2.02. The summed E-state index contributed by atoms with van der Waals surface area (Å²) in [7, 11) is 0. The summed E-state index contributed by atoms with van der Waals surface area (Å²) in [5, 5.41) is 0. The second-order valence-electron chi connectivity index (χ2n) is 4.00. The minimum absolute atomic E-state index is 0.0988. The van der Waals surface area contributed by atoms with Crippen molar-refractivity contribution >= 4 is 11.2 Å². The lowest BCUT2D eigenvalue weighted by molar-refractivity contribution is -0.137. The summed E-state index contributed by atoms with van der Waals surface area (Å²) in [5.74, 6) is 0. The van der Waals surface area contributed by atoms with E-state index in [2.05, 4.69) is 15.0 Å². The Morgan fingerprint density at radius 3 is 2.47 bits per heavy atom. The van der Waals surface area contributed by atoms with E-state index >= 15 is 0 Å². The monoisotopic (exact) mass is 263 g/mol. The molecule has 19 heavy (non-hydrogen) atoms. The molecule has 3 rings (SSSR count). The molecule has 2 heterocycles. The summed E-state index contributed by atoms with van der Waals surface area (Å²) in [5.41, 5.74) is 0.716. The molecule has 0 amide bonds. The Bertz CT molecular complexity index is 731. The van der Waals surface area contributed by atoms with E-state index in [4.69, 9.17) is 0 Å². The molecule has 1 aromatic carbocycles. The van der Waals surface area contributed by atoms with Gasteiger partial charge < -0.3 is 4.98 Å². The molecule has 0 aliphatic heterocycles. The summed E-state index contributed by atoms with van der Waals surface area (Å²) >= 11 is 0. The highest BCUT2D eigenvalue weighted by atomic mass is 19.4. The number of H-pyrrole nitrogens is 1. The largest absolute Gasteiger partial charge is 0.417 e. The fraction of sp³-hybridized carbons (Fsp3) is 0.0769. The van der Waals surface area contributed by atoms with Gasteiger partial charge in [-0.25, -0.2) is 4.98 Å². The van der Waals surface area contributed by atoms with Gasteiger partial charge in [0.25, 0.3) is 0 Å². The average Bonchev–Trinajstić information content (AvgIpc) is 2.81. The summed E-state index contributed by atoms with van der Waals surface area (Å²) in [4.78, 5) is 10.9. The van der Waals surface area contributed by atoms with Crippen LogP contribution < -0.4 is 0 Å². The molecule has 0 radical (unpaired) electrons. The Morgan fingerprint density at radius 1 is 0.947 bits per heavy atom. The van der Waals surface area contributed by atoms with Gasteiger partial charge in [0, 0.05) is 24.2 Å². The lowest BCUT2D eigenvalue weighted by Gasteiger charge is -2.11. The van der Waals surface area contributed by atoms with Crippen LogP contribution in [0.5, 0.6) is 0 Å². The van der Waals surface area contributed by atoms with Crippen molar-refractivity contribution in [1.29, 1.82) is 0 Å². The van der Waals surface area contributed by atoms with E-state index in [0.717, 1.165) is 6.07 Å². The summed E-state index contributed by atoms with van der Waals surface area (Å²) in [6.45, 7) is 0. The molecule has 2 aromatic heterocycles. The minimum atomic E-state index is -4.40. The number of aromatic amines is 1. The number of hydrogen-bond acceptors (Lipinski definition) is 2. The zero-order valence-electron chi connectivity index (χ0n) is 9.57. The van der Waals surface area contributed by atoms with E-state index in [1.54, 1.807) is 6.07 Å². The van der Waals surface area contributed by atoms with E-state index in [1.165, 1.54) is 30.7 Å². The van der Waals surface area contributed by atoms with E-state index in [-0.39, 0.29) is 5.56 Å². The van der Waals surface area contributed by atoms with E-state index in [0.29, 0.717) is 16.7 Å². The number of benzene rings is 1. The quantitative estimate of drug-likeness (QED) is 0.728. The van der Waals surface area contributed by atoms with Gasteiger partial charge >= 0.3 is 6.18 Å². The number of halogens is 3. The van der Waals surface area contributed by atoms with Crippen LogP contribution in [0.3, 0.4) is 0 Å². The van der Waals surface area contributed by atoms with Crippen LogP contribution in [-0.2, 0) is 6.18 Å². The first-order chi connectivity index (χ1) is 9.07. The first-order valence-corrected chi connectivity index (χ1v) is 5.52.